The van der Waals surface area contributed by atoms with Gasteiger partial charge in [0.15, 0.2) is 0 Å². The van der Waals surface area contributed by atoms with E-state index in [4.69, 9.17) is 10.8 Å². The predicted octanol–water partition coefficient (Wildman–Crippen LogP) is 0.284. The number of nitrogens with zero attached hydrogens (tertiary/aromatic N) is 1. The van der Waals surface area contributed by atoms with Gasteiger partial charge in [-0.25, -0.2) is 0 Å². The molecule has 3 N–H and O–H groups in total. The highest BCUT2D eigenvalue weighted by Gasteiger charge is 2.20. The summed E-state index contributed by atoms with van der Waals surface area (Å²) in [5.74, 6) is 0. The van der Waals surface area contributed by atoms with E-state index in [-0.39, 0.29) is 18.1 Å². The van der Waals surface area contributed by atoms with Crippen molar-refractivity contribution in [3.8, 4) is 0 Å². The van der Waals surface area contributed by atoms with Gasteiger partial charge in [-0.1, -0.05) is 13.8 Å². The fraction of sp³-hybridized carbons (Fsp3) is 1.00. The van der Waals surface area contributed by atoms with Crippen LogP contribution < -0.4 is 5.73 Å². The minimum absolute atomic E-state index is 0.137. The molecule has 0 radical (unpaired) electrons. The summed E-state index contributed by atoms with van der Waals surface area (Å²) in [7, 11) is 2.01. The van der Waals surface area contributed by atoms with E-state index in [9.17, 15) is 0 Å². The van der Waals surface area contributed by atoms with Gasteiger partial charge in [0.25, 0.3) is 0 Å². The zero-order valence-electron chi connectivity index (χ0n) is 8.67. The zero-order valence-corrected chi connectivity index (χ0v) is 8.67. The first-order chi connectivity index (χ1) is 5.43. The number of aliphatic hydroxyl groups excluding tert-OH is 1. The Morgan fingerprint density at radius 2 is 2.00 bits per heavy atom. The van der Waals surface area contributed by atoms with Crippen LogP contribution in [0.2, 0.25) is 0 Å². The van der Waals surface area contributed by atoms with Crippen LogP contribution in [0.5, 0.6) is 0 Å². The van der Waals surface area contributed by atoms with Gasteiger partial charge in [0.1, 0.15) is 0 Å². The van der Waals surface area contributed by atoms with Crippen LogP contribution in [0.1, 0.15) is 20.8 Å². The van der Waals surface area contributed by atoms with Gasteiger partial charge >= 0.3 is 0 Å². The summed E-state index contributed by atoms with van der Waals surface area (Å²) in [5.41, 5.74) is 5.74. The highest BCUT2D eigenvalue weighted by molar-refractivity contribution is 4.75. The van der Waals surface area contributed by atoms with E-state index in [1.54, 1.807) is 0 Å². The van der Waals surface area contributed by atoms with E-state index in [0.717, 1.165) is 6.54 Å². The molecule has 0 aromatic heterocycles. The average Bonchev–Trinajstić information content (AvgIpc) is 2.02. The van der Waals surface area contributed by atoms with E-state index in [1.165, 1.54) is 0 Å². The fourth-order valence-electron chi connectivity index (χ4n) is 1.03. The lowest BCUT2D eigenvalue weighted by Gasteiger charge is -2.32. The molecule has 1 unspecified atom stereocenters. The van der Waals surface area contributed by atoms with Gasteiger partial charge < -0.3 is 15.7 Å². The molecule has 74 valence electrons. The summed E-state index contributed by atoms with van der Waals surface area (Å²) in [6, 6.07) is 0.218. The molecule has 0 heterocycles. The zero-order chi connectivity index (χ0) is 9.78. The lowest BCUT2D eigenvalue weighted by molar-refractivity contribution is 0.121. The van der Waals surface area contributed by atoms with Crippen LogP contribution in [-0.2, 0) is 0 Å². The molecule has 12 heavy (non-hydrogen) atoms. The molecule has 0 aromatic carbocycles. The SMILES string of the molecule is CC(CO)N(C)CC(C)(C)CN. The molecule has 0 aliphatic carbocycles. The second-order valence-corrected chi connectivity index (χ2v) is 4.32. The third-order valence-electron chi connectivity index (χ3n) is 2.25. The van der Waals surface area contributed by atoms with Gasteiger partial charge in [0.05, 0.1) is 6.61 Å². The van der Waals surface area contributed by atoms with E-state index >= 15 is 0 Å². The predicted molar refractivity (Wildman–Crippen MR) is 52.0 cm³/mol. The smallest absolute Gasteiger partial charge is 0.0584 e. The summed E-state index contributed by atoms with van der Waals surface area (Å²) in [6.07, 6.45) is 0. The van der Waals surface area contributed by atoms with Crippen molar-refractivity contribution in [2.24, 2.45) is 11.1 Å². The Morgan fingerprint density at radius 1 is 1.50 bits per heavy atom. The van der Waals surface area contributed by atoms with Crippen LogP contribution in [0.4, 0.5) is 0 Å². The van der Waals surface area contributed by atoms with E-state index in [0.29, 0.717) is 6.54 Å². The third kappa shape index (κ3) is 4.04. The van der Waals surface area contributed by atoms with E-state index < -0.39 is 0 Å². The molecule has 0 amide bonds. The normalized spacial score (nSPS) is 15.2. The molecule has 1 atom stereocenters. The fourth-order valence-corrected chi connectivity index (χ4v) is 1.03. The number of rotatable bonds is 5. The van der Waals surface area contributed by atoms with Crippen molar-refractivity contribution >= 4 is 0 Å². The number of nitrogens with two attached hydrogens (primary N) is 1. The number of aliphatic hydroxyl groups is 1. The molecule has 0 aliphatic heterocycles. The van der Waals surface area contributed by atoms with E-state index in [1.807, 2.05) is 14.0 Å². The number of likely N-dealkylation sites (N-methyl/N-ethyl adjacent to an activating group) is 1. The van der Waals surface area contributed by atoms with Gasteiger partial charge in [-0.3, -0.25) is 0 Å². The molecular weight excluding hydrogens is 152 g/mol. The molecule has 3 heteroatoms. The van der Waals surface area contributed by atoms with Crippen LogP contribution in [0, 0.1) is 5.41 Å². The minimum Gasteiger partial charge on any atom is -0.395 e. The Labute approximate surface area is 75.6 Å². The molecule has 0 aromatic rings. The quantitative estimate of drug-likeness (QED) is 0.629. The highest BCUT2D eigenvalue weighted by atomic mass is 16.3. The lowest BCUT2D eigenvalue weighted by Crippen LogP contribution is -2.42. The van der Waals surface area contributed by atoms with E-state index in [2.05, 4.69) is 18.7 Å². The summed E-state index contributed by atoms with van der Waals surface area (Å²) >= 11 is 0. The second kappa shape index (κ2) is 4.80. The summed E-state index contributed by atoms with van der Waals surface area (Å²) in [4.78, 5) is 2.13. The Morgan fingerprint density at radius 3 is 2.33 bits per heavy atom. The van der Waals surface area contributed by atoms with Crippen molar-refractivity contribution < 1.29 is 5.11 Å². The van der Waals surface area contributed by atoms with Gasteiger partial charge in [0, 0.05) is 12.6 Å². The molecular formula is C9H22N2O. The van der Waals surface area contributed by atoms with Crippen molar-refractivity contribution in [3.05, 3.63) is 0 Å². The molecule has 0 spiro atoms. The Bertz CT molecular complexity index is 126. The van der Waals surface area contributed by atoms with Crippen LogP contribution in [0.25, 0.3) is 0 Å². The first kappa shape index (κ1) is 11.9. The molecule has 0 fully saturated rings. The topological polar surface area (TPSA) is 49.5 Å². The highest BCUT2D eigenvalue weighted by Crippen LogP contribution is 2.14. The van der Waals surface area contributed by atoms with Crippen LogP contribution >= 0.6 is 0 Å². The van der Waals surface area contributed by atoms with Gasteiger partial charge in [-0.15, -0.1) is 0 Å². The summed E-state index contributed by atoms with van der Waals surface area (Å²) < 4.78 is 0. The van der Waals surface area contributed by atoms with Crippen LogP contribution in [-0.4, -0.2) is 42.8 Å². The second-order valence-electron chi connectivity index (χ2n) is 4.32. The first-order valence-electron chi connectivity index (χ1n) is 4.44. The Kier molecular flexibility index (Phi) is 4.75. The lowest BCUT2D eigenvalue weighted by atomic mass is 9.93. The molecule has 0 rings (SSSR count). The van der Waals surface area contributed by atoms with Crippen molar-refractivity contribution in [1.29, 1.82) is 0 Å². The monoisotopic (exact) mass is 174 g/mol. The maximum absolute atomic E-state index is 8.90. The molecule has 3 nitrogen and oxygen atoms in total. The third-order valence-corrected chi connectivity index (χ3v) is 2.25. The van der Waals surface area contributed by atoms with Gasteiger partial charge in [0.2, 0.25) is 0 Å². The maximum Gasteiger partial charge on any atom is 0.0584 e. The van der Waals surface area contributed by atoms with Crippen LogP contribution in [0.15, 0.2) is 0 Å². The minimum atomic E-state index is 0.137. The van der Waals surface area contributed by atoms with Gasteiger partial charge in [-0.05, 0) is 25.9 Å². The summed E-state index contributed by atoms with van der Waals surface area (Å²) in [6.45, 7) is 8.08. The van der Waals surface area contributed by atoms with Gasteiger partial charge in [-0.2, -0.15) is 0 Å². The molecule has 0 saturated carbocycles. The maximum atomic E-state index is 8.90. The summed E-state index contributed by atoms with van der Waals surface area (Å²) in [5, 5.41) is 8.90. The number of hydrogen-bond donors (Lipinski definition) is 2. The average molecular weight is 174 g/mol. The van der Waals surface area contributed by atoms with Crippen molar-refractivity contribution in [1.82, 2.24) is 4.90 Å². The molecule has 0 saturated heterocycles. The Hall–Kier alpha value is -0.120. The first-order valence-corrected chi connectivity index (χ1v) is 4.44. The molecule has 0 bridgehead atoms. The van der Waals surface area contributed by atoms with Crippen molar-refractivity contribution in [3.63, 3.8) is 0 Å². The molecule has 0 aliphatic rings. The Balaban J connectivity index is 3.90. The largest absolute Gasteiger partial charge is 0.395 e. The standard InChI is InChI=1S/C9H22N2O/c1-8(5-12)11(4)7-9(2,3)6-10/h8,12H,5-7,10H2,1-4H3. The van der Waals surface area contributed by atoms with Crippen molar-refractivity contribution in [2.45, 2.75) is 26.8 Å². The van der Waals surface area contributed by atoms with Crippen molar-refractivity contribution in [2.75, 3.05) is 26.7 Å². The van der Waals surface area contributed by atoms with Crippen LogP contribution in [0.3, 0.4) is 0 Å². The number of hydrogen-bond acceptors (Lipinski definition) is 3.